The third kappa shape index (κ3) is 18.7. The summed E-state index contributed by atoms with van der Waals surface area (Å²) in [5, 5.41) is 0. The fraction of sp³-hybridized carbons (Fsp3) is 0.705. The molecule has 0 unspecified atom stereocenters. The Hall–Kier alpha value is -2.93. The van der Waals surface area contributed by atoms with E-state index in [2.05, 4.69) is 26.0 Å². The molecule has 1 rings (SSSR count). The molecule has 11 nitrogen and oxygen atoms in total. The average molecular weight is 777 g/mol. The molecule has 0 aromatic carbocycles. The smallest absolute Gasteiger partial charge is 0.331 e. The van der Waals surface area contributed by atoms with Gasteiger partial charge in [0.2, 0.25) is 0 Å². The van der Waals surface area contributed by atoms with Gasteiger partial charge in [-0.25, -0.2) is 9.59 Å². The van der Waals surface area contributed by atoms with Gasteiger partial charge in [0.15, 0.2) is 0 Å². The minimum atomic E-state index is -0.607. The van der Waals surface area contributed by atoms with Gasteiger partial charge in [-0.15, -0.1) is 0 Å². The van der Waals surface area contributed by atoms with Crippen LogP contribution in [0.2, 0.25) is 0 Å². The quantitative estimate of drug-likeness (QED) is 0.0257. The van der Waals surface area contributed by atoms with Crippen molar-refractivity contribution in [3.05, 3.63) is 59.8 Å². The monoisotopic (exact) mass is 777 g/mol. The number of ether oxygens (including phenoxy) is 8. The van der Waals surface area contributed by atoms with Crippen LogP contribution in [0.4, 0.5) is 0 Å². The van der Waals surface area contributed by atoms with Crippen molar-refractivity contribution in [2.24, 2.45) is 23.7 Å². The summed E-state index contributed by atoms with van der Waals surface area (Å²) >= 11 is 0. The maximum atomic E-state index is 13.3. The van der Waals surface area contributed by atoms with Crippen LogP contribution >= 0.6 is 0 Å². The summed E-state index contributed by atoms with van der Waals surface area (Å²) < 4.78 is 45.7. The zero-order valence-electron chi connectivity index (χ0n) is 35.9. The van der Waals surface area contributed by atoms with E-state index in [9.17, 15) is 14.4 Å². The third-order valence-corrected chi connectivity index (χ3v) is 10.5. The number of carbonyl (C=O) groups is 3. The van der Waals surface area contributed by atoms with E-state index in [0.717, 1.165) is 30.3 Å². The predicted octanol–water partition coefficient (Wildman–Crippen LogP) is 7.58. The van der Waals surface area contributed by atoms with Crippen LogP contribution in [-0.4, -0.2) is 110 Å². The van der Waals surface area contributed by atoms with Gasteiger partial charge in [-0.05, 0) is 33.1 Å². The molecule has 0 amide bonds. The molecule has 0 radical (unpaired) electrons. The maximum absolute atomic E-state index is 13.3. The number of carbonyl (C=O) groups excluding carboxylic acids is 3. The molecule has 314 valence electrons. The molecule has 1 heterocycles. The van der Waals surface area contributed by atoms with E-state index in [0.29, 0.717) is 25.7 Å². The van der Waals surface area contributed by atoms with Crippen molar-refractivity contribution in [3.8, 4) is 0 Å². The summed E-state index contributed by atoms with van der Waals surface area (Å²) in [5.41, 5.74) is 2.00. The van der Waals surface area contributed by atoms with E-state index in [4.69, 9.17) is 37.9 Å². The maximum Gasteiger partial charge on any atom is 0.331 e. The molecule has 0 aromatic heterocycles. The SMILES string of the molecule is CC[C@H](C[C@@H](/C=C/[C@H](C)[C@H](C[C@H](/C=C/[C@H](C)[C@H](OC(=O)/C=C/C=C(\C)C[C@H](CC1=CC(=O)O[C@@H](C)C1)OC)[C@@H](C)[C@@H](OC)[C@@H](C)C=O)OC)OC)OC)OC. The number of rotatable bonds is 28. The van der Waals surface area contributed by atoms with Crippen LogP contribution in [0.25, 0.3) is 0 Å². The first kappa shape index (κ1) is 50.1. The largest absolute Gasteiger partial charge is 0.459 e. The van der Waals surface area contributed by atoms with Crippen molar-refractivity contribution >= 4 is 18.2 Å². The molecule has 0 aromatic rings. The molecule has 0 saturated heterocycles. The van der Waals surface area contributed by atoms with E-state index in [1.54, 1.807) is 61.7 Å². The Morgan fingerprint density at radius 1 is 0.818 bits per heavy atom. The lowest BCUT2D eigenvalue weighted by atomic mass is 9.84. The molecular weight excluding hydrogens is 704 g/mol. The van der Waals surface area contributed by atoms with E-state index in [1.807, 2.05) is 45.9 Å². The number of hydrogen-bond donors (Lipinski definition) is 0. The molecular formula is C44H72O11. The normalized spacial score (nSPS) is 21.6. The highest BCUT2D eigenvalue weighted by molar-refractivity contribution is 5.84. The summed E-state index contributed by atoms with van der Waals surface area (Å²) in [6, 6.07) is 0. The minimum absolute atomic E-state index is 0.0652. The fourth-order valence-corrected chi connectivity index (χ4v) is 7.08. The van der Waals surface area contributed by atoms with Gasteiger partial charge in [-0.1, -0.05) is 82.2 Å². The molecule has 11 heteroatoms. The zero-order valence-corrected chi connectivity index (χ0v) is 35.9. The molecule has 1 aliphatic rings. The molecule has 12 atom stereocenters. The summed E-state index contributed by atoms with van der Waals surface area (Å²) in [7, 11) is 10.0. The lowest BCUT2D eigenvalue weighted by Crippen LogP contribution is -2.41. The molecule has 0 aliphatic carbocycles. The number of methoxy groups -OCH3 is 6. The van der Waals surface area contributed by atoms with Gasteiger partial charge in [0, 0.05) is 97.7 Å². The van der Waals surface area contributed by atoms with E-state index in [1.165, 1.54) is 6.08 Å². The number of cyclic esters (lactones) is 1. The lowest BCUT2D eigenvalue weighted by Gasteiger charge is -2.34. The van der Waals surface area contributed by atoms with Gasteiger partial charge in [-0.2, -0.15) is 0 Å². The Labute approximate surface area is 331 Å². The van der Waals surface area contributed by atoms with E-state index in [-0.39, 0.29) is 60.3 Å². The first-order valence-electron chi connectivity index (χ1n) is 19.6. The summed E-state index contributed by atoms with van der Waals surface area (Å²) in [6.07, 6.45) is 18.0. The summed E-state index contributed by atoms with van der Waals surface area (Å²) in [6.45, 7) is 13.8. The Balaban J connectivity index is 3.10. The Morgan fingerprint density at radius 2 is 1.44 bits per heavy atom. The van der Waals surface area contributed by atoms with Gasteiger partial charge in [0.1, 0.15) is 18.5 Å². The van der Waals surface area contributed by atoms with Crippen molar-refractivity contribution in [3.63, 3.8) is 0 Å². The van der Waals surface area contributed by atoms with Gasteiger partial charge in [0.05, 0.1) is 36.6 Å². The predicted molar refractivity (Wildman–Crippen MR) is 216 cm³/mol. The van der Waals surface area contributed by atoms with Crippen molar-refractivity contribution in [2.45, 2.75) is 136 Å². The Bertz CT molecular complexity index is 1270. The fourth-order valence-electron chi connectivity index (χ4n) is 7.08. The molecule has 1 aliphatic heterocycles. The van der Waals surface area contributed by atoms with Crippen LogP contribution < -0.4 is 0 Å². The van der Waals surface area contributed by atoms with E-state index < -0.39 is 24.1 Å². The average Bonchev–Trinajstić information content (AvgIpc) is 3.16. The van der Waals surface area contributed by atoms with Crippen LogP contribution in [0.15, 0.2) is 59.8 Å². The summed E-state index contributed by atoms with van der Waals surface area (Å²) in [5.74, 6) is -1.71. The van der Waals surface area contributed by atoms with Crippen LogP contribution in [-0.2, 0) is 52.3 Å². The van der Waals surface area contributed by atoms with Gasteiger partial charge < -0.3 is 42.7 Å². The van der Waals surface area contributed by atoms with Crippen LogP contribution in [0.1, 0.15) is 87.0 Å². The highest BCUT2D eigenvalue weighted by Gasteiger charge is 2.35. The highest BCUT2D eigenvalue weighted by Crippen LogP contribution is 2.28. The highest BCUT2D eigenvalue weighted by atomic mass is 16.6. The van der Waals surface area contributed by atoms with Crippen molar-refractivity contribution in [1.29, 1.82) is 0 Å². The Morgan fingerprint density at radius 3 is 1.96 bits per heavy atom. The van der Waals surface area contributed by atoms with Crippen LogP contribution in [0, 0.1) is 23.7 Å². The first-order chi connectivity index (χ1) is 26.2. The van der Waals surface area contributed by atoms with Gasteiger partial charge in [0.25, 0.3) is 0 Å². The van der Waals surface area contributed by atoms with Gasteiger partial charge in [-0.3, -0.25) is 0 Å². The van der Waals surface area contributed by atoms with Crippen molar-refractivity contribution in [2.75, 3.05) is 42.7 Å². The molecule has 0 saturated carbocycles. The minimum Gasteiger partial charge on any atom is -0.459 e. The molecule has 0 N–H and O–H groups in total. The number of hydrogen-bond acceptors (Lipinski definition) is 11. The number of aldehydes is 1. The van der Waals surface area contributed by atoms with Crippen molar-refractivity contribution in [1.82, 2.24) is 0 Å². The van der Waals surface area contributed by atoms with Crippen molar-refractivity contribution < 1.29 is 52.3 Å². The summed E-state index contributed by atoms with van der Waals surface area (Å²) in [4.78, 5) is 36.9. The second-order valence-electron chi connectivity index (χ2n) is 14.9. The molecule has 0 fully saturated rings. The topological polar surface area (TPSA) is 125 Å². The molecule has 55 heavy (non-hydrogen) atoms. The number of allylic oxidation sites excluding steroid dienone is 2. The third-order valence-electron chi connectivity index (χ3n) is 10.5. The number of esters is 2. The molecule has 0 spiro atoms. The lowest BCUT2D eigenvalue weighted by molar-refractivity contribution is -0.152. The second-order valence-corrected chi connectivity index (χ2v) is 14.9. The van der Waals surface area contributed by atoms with Crippen LogP contribution in [0.3, 0.4) is 0 Å². The van der Waals surface area contributed by atoms with Gasteiger partial charge >= 0.3 is 11.9 Å². The first-order valence-corrected chi connectivity index (χ1v) is 19.6. The van der Waals surface area contributed by atoms with E-state index >= 15 is 0 Å². The zero-order chi connectivity index (χ0) is 41.5. The van der Waals surface area contributed by atoms with Crippen LogP contribution in [0.5, 0.6) is 0 Å². The molecule has 0 bridgehead atoms. The Kier molecular flexibility index (Phi) is 25.2. The standard InChI is InChI=1S/C44H72O11/c1-14-36(48-8)26-37(49-9)20-18-30(3)40(52-12)27-38(50-10)21-19-31(4)44(34(7)43(53-13)32(5)28-45)55-41(46)17-15-16-29(2)22-39(51-11)24-35-23-33(6)54-42(47)25-35/h15-21,25,28,30-34,36-40,43-44H,14,22-24,26-27H2,1-13H3/b17-15+,20-18+,21-19+,29-16+/t30-,31-,32-,33-,34-,36+,37+,38-,39+,40-,43-,44-/m0/s1. The second kappa shape index (κ2) is 27.6.